The fourth-order valence-corrected chi connectivity index (χ4v) is 0.681. The highest BCUT2D eigenvalue weighted by molar-refractivity contribution is 5.78. The molecule has 0 saturated carbocycles. The summed E-state index contributed by atoms with van der Waals surface area (Å²) >= 11 is 0. The van der Waals surface area contributed by atoms with Gasteiger partial charge in [-0.2, -0.15) is 0 Å². The molecule has 0 aromatic carbocycles. The standard InChI is InChI=1S/C8H13FO3/c1-3-12-8(11)7(9)5-4-6(2)10/h7H,3-5H2,1-2H3. The Morgan fingerprint density at radius 1 is 1.50 bits per heavy atom. The number of rotatable bonds is 5. The molecular formula is C8H13FO3. The quantitative estimate of drug-likeness (QED) is 0.592. The van der Waals surface area contributed by atoms with Gasteiger partial charge in [0, 0.05) is 6.42 Å². The van der Waals surface area contributed by atoms with E-state index >= 15 is 0 Å². The molecule has 0 amide bonds. The van der Waals surface area contributed by atoms with Crippen molar-refractivity contribution < 1.29 is 18.7 Å². The van der Waals surface area contributed by atoms with Crippen LogP contribution in [0.25, 0.3) is 0 Å². The van der Waals surface area contributed by atoms with Crippen molar-refractivity contribution in [3.8, 4) is 0 Å². The Kier molecular flexibility index (Phi) is 5.25. The lowest BCUT2D eigenvalue weighted by Crippen LogP contribution is -2.19. The first kappa shape index (κ1) is 11.1. The Hall–Kier alpha value is -0.930. The van der Waals surface area contributed by atoms with E-state index in [0.717, 1.165) is 0 Å². The van der Waals surface area contributed by atoms with Gasteiger partial charge in [0.15, 0.2) is 6.17 Å². The first-order valence-electron chi connectivity index (χ1n) is 3.88. The molecule has 1 atom stereocenters. The normalized spacial score (nSPS) is 12.2. The van der Waals surface area contributed by atoms with Crippen LogP contribution in [0.5, 0.6) is 0 Å². The van der Waals surface area contributed by atoms with Crippen molar-refractivity contribution in [3.05, 3.63) is 0 Å². The van der Waals surface area contributed by atoms with E-state index < -0.39 is 12.1 Å². The molecule has 0 aliphatic rings. The Morgan fingerprint density at radius 2 is 2.08 bits per heavy atom. The van der Waals surface area contributed by atoms with Crippen LogP contribution in [0.1, 0.15) is 26.7 Å². The minimum atomic E-state index is -1.66. The smallest absolute Gasteiger partial charge is 0.340 e. The summed E-state index contributed by atoms with van der Waals surface area (Å²) in [7, 11) is 0. The predicted molar refractivity (Wildman–Crippen MR) is 41.4 cm³/mol. The number of ketones is 1. The number of esters is 1. The summed E-state index contributed by atoms with van der Waals surface area (Å²) < 4.78 is 17.1. The molecule has 0 rings (SSSR count). The van der Waals surface area contributed by atoms with E-state index in [1.54, 1.807) is 6.92 Å². The average Bonchev–Trinajstić information content (AvgIpc) is 2.00. The van der Waals surface area contributed by atoms with Crippen LogP contribution in [0.3, 0.4) is 0 Å². The van der Waals surface area contributed by atoms with Gasteiger partial charge in [0.05, 0.1) is 6.61 Å². The van der Waals surface area contributed by atoms with Crippen LogP contribution < -0.4 is 0 Å². The number of alkyl halides is 1. The maximum atomic E-state index is 12.7. The average molecular weight is 176 g/mol. The zero-order valence-electron chi connectivity index (χ0n) is 7.30. The van der Waals surface area contributed by atoms with Crippen LogP contribution in [0.15, 0.2) is 0 Å². The summed E-state index contributed by atoms with van der Waals surface area (Å²) in [4.78, 5) is 21.1. The molecule has 1 unspecified atom stereocenters. The fourth-order valence-electron chi connectivity index (χ4n) is 0.681. The maximum Gasteiger partial charge on any atom is 0.340 e. The summed E-state index contributed by atoms with van der Waals surface area (Å²) in [6.45, 7) is 3.13. The van der Waals surface area contributed by atoms with Crippen LogP contribution in [0.4, 0.5) is 4.39 Å². The molecule has 0 heterocycles. The highest BCUT2D eigenvalue weighted by Gasteiger charge is 2.18. The molecule has 0 saturated heterocycles. The Morgan fingerprint density at radius 3 is 2.50 bits per heavy atom. The third-order valence-corrected chi connectivity index (χ3v) is 1.29. The van der Waals surface area contributed by atoms with E-state index in [9.17, 15) is 14.0 Å². The monoisotopic (exact) mass is 176 g/mol. The van der Waals surface area contributed by atoms with E-state index in [4.69, 9.17) is 0 Å². The van der Waals surface area contributed by atoms with Gasteiger partial charge in [-0.3, -0.25) is 0 Å². The lowest BCUT2D eigenvalue weighted by atomic mass is 10.2. The number of Topliss-reactive ketones (excluding diaryl/α,β-unsaturated/α-hetero) is 1. The molecule has 0 radical (unpaired) electrons. The number of hydrogen-bond donors (Lipinski definition) is 0. The summed E-state index contributed by atoms with van der Waals surface area (Å²) in [5.41, 5.74) is 0. The van der Waals surface area contributed by atoms with Gasteiger partial charge in [-0.05, 0) is 20.3 Å². The highest BCUT2D eigenvalue weighted by Crippen LogP contribution is 2.04. The summed E-state index contributed by atoms with van der Waals surface area (Å²) in [5, 5.41) is 0. The second-order valence-corrected chi connectivity index (χ2v) is 2.46. The summed E-state index contributed by atoms with van der Waals surface area (Å²) in [5.74, 6) is -0.999. The van der Waals surface area contributed by atoms with Crippen molar-refractivity contribution in [2.45, 2.75) is 32.9 Å². The van der Waals surface area contributed by atoms with Gasteiger partial charge in [0.1, 0.15) is 5.78 Å². The summed E-state index contributed by atoms with van der Waals surface area (Å²) in [6, 6.07) is 0. The molecule has 0 bridgehead atoms. The zero-order valence-corrected chi connectivity index (χ0v) is 7.30. The zero-order chi connectivity index (χ0) is 9.56. The largest absolute Gasteiger partial charge is 0.464 e. The number of hydrogen-bond acceptors (Lipinski definition) is 3. The fraction of sp³-hybridized carbons (Fsp3) is 0.750. The minimum Gasteiger partial charge on any atom is -0.464 e. The Labute approximate surface area is 70.9 Å². The lowest BCUT2D eigenvalue weighted by Gasteiger charge is -2.05. The molecule has 0 fully saturated rings. The van der Waals surface area contributed by atoms with Crippen molar-refractivity contribution in [1.29, 1.82) is 0 Å². The minimum absolute atomic E-state index is 0.0752. The molecule has 4 heteroatoms. The van der Waals surface area contributed by atoms with Crippen LogP contribution in [-0.2, 0) is 14.3 Å². The van der Waals surface area contributed by atoms with Crippen molar-refractivity contribution in [2.75, 3.05) is 6.61 Å². The Balaban J connectivity index is 3.63. The Bertz CT molecular complexity index is 168. The second kappa shape index (κ2) is 5.69. The molecule has 0 aromatic rings. The van der Waals surface area contributed by atoms with E-state index in [2.05, 4.69) is 4.74 Å². The summed E-state index contributed by atoms with van der Waals surface area (Å²) in [6.07, 6.45) is -1.65. The molecule has 0 aliphatic heterocycles. The first-order valence-corrected chi connectivity index (χ1v) is 3.88. The van der Waals surface area contributed by atoms with Crippen LogP contribution in [0.2, 0.25) is 0 Å². The van der Waals surface area contributed by atoms with Gasteiger partial charge >= 0.3 is 5.97 Å². The predicted octanol–water partition coefficient (Wildman–Crippen LogP) is 1.26. The van der Waals surface area contributed by atoms with Gasteiger partial charge < -0.3 is 9.53 Å². The maximum absolute atomic E-state index is 12.7. The van der Waals surface area contributed by atoms with E-state index in [-0.39, 0.29) is 25.2 Å². The molecule has 70 valence electrons. The number of ether oxygens (including phenoxy) is 1. The molecule has 0 spiro atoms. The van der Waals surface area contributed by atoms with E-state index in [1.807, 2.05) is 0 Å². The molecule has 0 aliphatic carbocycles. The van der Waals surface area contributed by atoms with Gasteiger partial charge in [0.25, 0.3) is 0 Å². The molecule has 12 heavy (non-hydrogen) atoms. The van der Waals surface area contributed by atoms with E-state index in [0.29, 0.717) is 0 Å². The van der Waals surface area contributed by atoms with Gasteiger partial charge in [-0.15, -0.1) is 0 Å². The first-order chi connectivity index (χ1) is 5.57. The van der Waals surface area contributed by atoms with Crippen LogP contribution >= 0.6 is 0 Å². The van der Waals surface area contributed by atoms with Crippen LogP contribution in [0, 0.1) is 0 Å². The van der Waals surface area contributed by atoms with Crippen molar-refractivity contribution in [1.82, 2.24) is 0 Å². The number of carbonyl (C=O) groups excluding carboxylic acids is 2. The number of halogens is 1. The van der Waals surface area contributed by atoms with Crippen molar-refractivity contribution in [3.63, 3.8) is 0 Å². The molecular weight excluding hydrogens is 163 g/mol. The van der Waals surface area contributed by atoms with Crippen LogP contribution in [-0.4, -0.2) is 24.5 Å². The second-order valence-electron chi connectivity index (χ2n) is 2.46. The highest BCUT2D eigenvalue weighted by atomic mass is 19.1. The lowest BCUT2D eigenvalue weighted by molar-refractivity contribution is -0.149. The van der Waals surface area contributed by atoms with Gasteiger partial charge in [0.2, 0.25) is 0 Å². The van der Waals surface area contributed by atoms with Crippen molar-refractivity contribution in [2.24, 2.45) is 0 Å². The van der Waals surface area contributed by atoms with Gasteiger partial charge in [-0.1, -0.05) is 0 Å². The molecule has 0 aromatic heterocycles. The van der Waals surface area contributed by atoms with Gasteiger partial charge in [-0.25, -0.2) is 9.18 Å². The number of carbonyl (C=O) groups is 2. The molecule has 3 nitrogen and oxygen atoms in total. The third-order valence-electron chi connectivity index (χ3n) is 1.29. The van der Waals surface area contributed by atoms with E-state index in [1.165, 1.54) is 6.92 Å². The molecule has 0 N–H and O–H groups in total. The SMILES string of the molecule is CCOC(=O)C(F)CCC(C)=O. The third kappa shape index (κ3) is 4.82. The topological polar surface area (TPSA) is 43.4 Å². The van der Waals surface area contributed by atoms with Crippen molar-refractivity contribution >= 4 is 11.8 Å².